The highest BCUT2D eigenvalue weighted by molar-refractivity contribution is 6.03. The third-order valence-corrected chi connectivity index (χ3v) is 3.19. The van der Waals surface area contributed by atoms with Crippen molar-refractivity contribution in [1.29, 1.82) is 0 Å². The molecule has 0 aromatic carbocycles. The fourth-order valence-electron chi connectivity index (χ4n) is 1.62. The molecule has 0 aromatic heterocycles. The number of rotatable bonds is 8. The van der Waals surface area contributed by atoms with Gasteiger partial charge in [-0.3, -0.25) is 4.79 Å². The van der Waals surface area contributed by atoms with E-state index in [1.807, 2.05) is 19.1 Å². The van der Waals surface area contributed by atoms with Gasteiger partial charge in [-0.25, -0.2) is 0 Å². The van der Waals surface area contributed by atoms with Crippen LogP contribution in [0.2, 0.25) is 0 Å². The van der Waals surface area contributed by atoms with Crippen molar-refractivity contribution >= 4 is 5.78 Å². The molecule has 19 heavy (non-hydrogen) atoms. The van der Waals surface area contributed by atoms with Crippen LogP contribution in [0.4, 0.5) is 0 Å². The van der Waals surface area contributed by atoms with Gasteiger partial charge in [-0.2, -0.15) is 0 Å². The van der Waals surface area contributed by atoms with Gasteiger partial charge in [-0.1, -0.05) is 63.1 Å². The average molecular weight is 254 g/mol. The van der Waals surface area contributed by atoms with Gasteiger partial charge in [0.15, 0.2) is 5.78 Å². The van der Waals surface area contributed by atoms with Crippen LogP contribution in [-0.4, -0.2) is 5.78 Å². The van der Waals surface area contributed by atoms with E-state index in [-0.39, 0.29) is 11.7 Å². The van der Waals surface area contributed by atoms with E-state index in [0.717, 1.165) is 30.4 Å². The Balaban J connectivity index is 2.82. The molecule has 1 aliphatic rings. The zero-order valence-corrected chi connectivity index (χ0v) is 11.7. The van der Waals surface area contributed by atoms with Crippen LogP contribution < -0.4 is 0 Å². The minimum absolute atomic E-state index is 0.161. The minimum Gasteiger partial charge on any atom is -0.294 e. The summed E-state index contributed by atoms with van der Waals surface area (Å²) < 4.78 is 0. The Hall–Kier alpha value is -1.89. The third kappa shape index (κ3) is 4.36. The summed E-state index contributed by atoms with van der Waals surface area (Å²) in [4.78, 5) is 12.2. The van der Waals surface area contributed by atoms with Crippen LogP contribution in [0.5, 0.6) is 0 Å². The van der Waals surface area contributed by atoms with Gasteiger partial charge in [0.05, 0.1) is 0 Å². The van der Waals surface area contributed by atoms with E-state index in [9.17, 15) is 4.79 Å². The Morgan fingerprint density at radius 1 is 1.21 bits per heavy atom. The molecule has 0 aromatic rings. The minimum atomic E-state index is 0.161. The van der Waals surface area contributed by atoms with E-state index in [1.165, 1.54) is 0 Å². The standard InChI is InChI=1S/C18H22O/c1-6-8-17(18(19)16-11-12-16)15(5)14(4)10-9-13(3)7-2/h6,8-10,16H,1,3-5,7,11-12H2,2H3/b10-9-,17-8+. The van der Waals surface area contributed by atoms with Crippen LogP contribution in [0.15, 0.2) is 72.9 Å². The Kier molecular flexibility index (Phi) is 5.50. The fraction of sp³-hybridized carbons (Fsp3) is 0.278. The number of carbonyl (C=O) groups excluding carboxylic acids is 1. The molecule has 100 valence electrons. The normalized spacial score (nSPS) is 15.3. The number of carbonyl (C=O) groups is 1. The summed E-state index contributed by atoms with van der Waals surface area (Å²) in [6.07, 6.45) is 10.0. The Morgan fingerprint density at radius 2 is 1.84 bits per heavy atom. The first-order valence-corrected chi connectivity index (χ1v) is 6.62. The zero-order chi connectivity index (χ0) is 14.4. The predicted octanol–water partition coefficient (Wildman–Crippen LogP) is 4.71. The highest BCUT2D eigenvalue weighted by atomic mass is 16.1. The lowest BCUT2D eigenvalue weighted by atomic mass is 9.94. The SMILES string of the molecule is C=C/C=C(\C(=C)C(=C)/C=C\C(=C)CC)C(=O)C1CC1. The molecule has 1 nitrogen and oxygen atoms in total. The lowest BCUT2D eigenvalue weighted by Crippen LogP contribution is -2.07. The van der Waals surface area contributed by atoms with Crippen molar-refractivity contribution in [3.63, 3.8) is 0 Å². The molecule has 0 aliphatic heterocycles. The van der Waals surface area contributed by atoms with Gasteiger partial charge in [-0.05, 0) is 30.4 Å². The predicted molar refractivity (Wildman–Crippen MR) is 82.9 cm³/mol. The monoisotopic (exact) mass is 254 g/mol. The molecule has 1 fully saturated rings. The summed E-state index contributed by atoms with van der Waals surface area (Å²) in [7, 11) is 0. The zero-order valence-electron chi connectivity index (χ0n) is 11.7. The van der Waals surface area contributed by atoms with E-state index < -0.39 is 0 Å². The molecule has 0 N–H and O–H groups in total. The first-order valence-electron chi connectivity index (χ1n) is 6.62. The second-order valence-electron chi connectivity index (χ2n) is 4.80. The van der Waals surface area contributed by atoms with Gasteiger partial charge >= 0.3 is 0 Å². The molecule has 0 amide bonds. The molecule has 0 heterocycles. The van der Waals surface area contributed by atoms with Crippen LogP contribution >= 0.6 is 0 Å². The van der Waals surface area contributed by atoms with Gasteiger partial charge in [0.1, 0.15) is 0 Å². The molecule has 0 spiro atoms. The first kappa shape index (κ1) is 15.2. The van der Waals surface area contributed by atoms with Crippen molar-refractivity contribution in [2.24, 2.45) is 5.92 Å². The Labute approximate surface area is 116 Å². The number of hydrogen-bond acceptors (Lipinski definition) is 1. The summed E-state index contributed by atoms with van der Waals surface area (Å²) in [6, 6.07) is 0. The Bertz CT molecular complexity index is 482. The van der Waals surface area contributed by atoms with Crippen molar-refractivity contribution in [3.05, 3.63) is 72.9 Å². The van der Waals surface area contributed by atoms with E-state index in [2.05, 4.69) is 26.3 Å². The summed E-state index contributed by atoms with van der Waals surface area (Å²) in [5.74, 6) is 0.333. The molecule has 0 unspecified atom stereocenters. The quantitative estimate of drug-likeness (QED) is 0.453. The summed E-state index contributed by atoms with van der Waals surface area (Å²) in [5, 5.41) is 0. The highest BCUT2D eigenvalue weighted by Crippen LogP contribution is 2.35. The summed E-state index contributed by atoms with van der Waals surface area (Å²) in [5.41, 5.74) is 3.08. The molecule has 1 rings (SSSR count). The molecule has 0 radical (unpaired) electrons. The van der Waals surface area contributed by atoms with Crippen LogP contribution in [0.3, 0.4) is 0 Å². The average Bonchev–Trinajstić information content (AvgIpc) is 3.24. The molecule has 1 heteroatoms. The fourth-order valence-corrected chi connectivity index (χ4v) is 1.62. The van der Waals surface area contributed by atoms with E-state index in [0.29, 0.717) is 11.1 Å². The lowest BCUT2D eigenvalue weighted by Gasteiger charge is -2.09. The lowest BCUT2D eigenvalue weighted by molar-refractivity contribution is -0.116. The maximum Gasteiger partial charge on any atom is 0.166 e. The smallest absolute Gasteiger partial charge is 0.166 e. The molecule has 1 saturated carbocycles. The molecular formula is C18H22O. The van der Waals surface area contributed by atoms with E-state index in [1.54, 1.807) is 12.2 Å². The third-order valence-electron chi connectivity index (χ3n) is 3.19. The molecular weight excluding hydrogens is 232 g/mol. The van der Waals surface area contributed by atoms with Gasteiger partial charge in [-0.15, -0.1) is 0 Å². The van der Waals surface area contributed by atoms with Gasteiger partial charge in [0.2, 0.25) is 0 Å². The van der Waals surface area contributed by atoms with Crippen LogP contribution in [0, 0.1) is 5.92 Å². The Morgan fingerprint density at radius 3 is 2.32 bits per heavy atom. The number of ketones is 1. The van der Waals surface area contributed by atoms with Crippen molar-refractivity contribution in [1.82, 2.24) is 0 Å². The van der Waals surface area contributed by atoms with Gasteiger partial charge in [0, 0.05) is 11.5 Å². The second kappa shape index (κ2) is 6.89. The second-order valence-corrected chi connectivity index (χ2v) is 4.80. The largest absolute Gasteiger partial charge is 0.294 e. The maximum atomic E-state index is 12.2. The van der Waals surface area contributed by atoms with Crippen LogP contribution in [0.1, 0.15) is 26.2 Å². The summed E-state index contributed by atoms with van der Waals surface area (Å²) in [6.45, 7) is 17.6. The molecule has 0 atom stereocenters. The molecule has 1 aliphatic carbocycles. The summed E-state index contributed by atoms with van der Waals surface area (Å²) >= 11 is 0. The van der Waals surface area contributed by atoms with Crippen molar-refractivity contribution in [3.8, 4) is 0 Å². The van der Waals surface area contributed by atoms with Crippen LogP contribution in [0.25, 0.3) is 0 Å². The van der Waals surface area contributed by atoms with Crippen molar-refractivity contribution in [2.45, 2.75) is 26.2 Å². The molecule has 0 saturated heterocycles. The highest BCUT2D eigenvalue weighted by Gasteiger charge is 2.32. The number of Topliss-reactive ketones (excluding diaryl/α,β-unsaturated/α-hetero) is 1. The number of hydrogen-bond donors (Lipinski definition) is 0. The first-order chi connectivity index (χ1) is 9.01. The van der Waals surface area contributed by atoms with Crippen LogP contribution in [-0.2, 0) is 4.79 Å². The topological polar surface area (TPSA) is 17.1 Å². The van der Waals surface area contributed by atoms with Gasteiger partial charge in [0.25, 0.3) is 0 Å². The maximum absolute atomic E-state index is 12.2. The van der Waals surface area contributed by atoms with Crippen molar-refractivity contribution < 1.29 is 4.79 Å². The van der Waals surface area contributed by atoms with E-state index in [4.69, 9.17) is 0 Å². The van der Waals surface area contributed by atoms with Crippen molar-refractivity contribution in [2.75, 3.05) is 0 Å². The number of allylic oxidation sites excluding steroid dienone is 8. The van der Waals surface area contributed by atoms with Gasteiger partial charge < -0.3 is 0 Å². The molecule has 0 bridgehead atoms. The van der Waals surface area contributed by atoms with E-state index >= 15 is 0 Å².